The van der Waals surface area contributed by atoms with Crippen molar-refractivity contribution in [1.29, 1.82) is 0 Å². The standard InChI is InChI=1S/C13H19BrN4O2S/c14-11-7-13(10-16-8-11)21(19,20)18-5-3-17(4-6-18)12-1-2-15-9-12/h7-8,10,12,15H,1-6,9H2. The molecule has 0 aliphatic carbocycles. The molecule has 0 radical (unpaired) electrons. The summed E-state index contributed by atoms with van der Waals surface area (Å²) in [7, 11) is -3.43. The van der Waals surface area contributed by atoms with E-state index in [9.17, 15) is 8.42 Å². The number of pyridine rings is 1. The maximum atomic E-state index is 12.6. The van der Waals surface area contributed by atoms with Gasteiger partial charge in [0.15, 0.2) is 0 Å². The molecule has 2 aliphatic heterocycles. The normalized spacial score (nSPS) is 25.3. The minimum absolute atomic E-state index is 0.257. The van der Waals surface area contributed by atoms with Crippen LogP contribution in [-0.4, -0.2) is 67.9 Å². The third kappa shape index (κ3) is 3.29. The number of nitrogens with one attached hydrogen (secondary N) is 1. The highest BCUT2D eigenvalue weighted by atomic mass is 79.9. The van der Waals surface area contributed by atoms with E-state index in [1.165, 1.54) is 6.20 Å². The number of hydrogen-bond donors (Lipinski definition) is 1. The monoisotopic (exact) mass is 374 g/mol. The fraction of sp³-hybridized carbons (Fsp3) is 0.615. The molecule has 2 fully saturated rings. The van der Waals surface area contributed by atoms with Crippen molar-refractivity contribution in [1.82, 2.24) is 19.5 Å². The van der Waals surface area contributed by atoms with Crippen LogP contribution in [0.3, 0.4) is 0 Å². The molecule has 0 amide bonds. The van der Waals surface area contributed by atoms with Crippen molar-refractivity contribution in [3.63, 3.8) is 0 Å². The fourth-order valence-corrected chi connectivity index (χ4v) is 4.87. The van der Waals surface area contributed by atoms with Gasteiger partial charge >= 0.3 is 0 Å². The summed E-state index contributed by atoms with van der Waals surface area (Å²) in [6.07, 6.45) is 4.15. The van der Waals surface area contributed by atoms with Crippen LogP contribution in [0.1, 0.15) is 6.42 Å². The molecule has 0 bridgehead atoms. The SMILES string of the molecule is O=S(=O)(c1cncc(Br)c1)N1CCN(C2CCNC2)CC1. The predicted molar refractivity (Wildman–Crippen MR) is 83.5 cm³/mol. The van der Waals surface area contributed by atoms with E-state index in [0.29, 0.717) is 23.6 Å². The molecule has 1 atom stereocenters. The van der Waals surface area contributed by atoms with Crippen LogP contribution in [0.15, 0.2) is 27.8 Å². The summed E-state index contributed by atoms with van der Waals surface area (Å²) in [6.45, 7) is 4.77. The van der Waals surface area contributed by atoms with Gasteiger partial charge in [-0.3, -0.25) is 9.88 Å². The lowest BCUT2D eigenvalue weighted by Gasteiger charge is -2.37. The highest BCUT2D eigenvalue weighted by Crippen LogP contribution is 2.21. The van der Waals surface area contributed by atoms with Gasteiger partial charge in [0, 0.05) is 55.6 Å². The molecule has 3 heterocycles. The topological polar surface area (TPSA) is 65.5 Å². The molecule has 0 saturated carbocycles. The van der Waals surface area contributed by atoms with Gasteiger partial charge in [-0.1, -0.05) is 0 Å². The van der Waals surface area contributed by atoms with Gasteiger partial charge in [-0.05, 0) is 35.0 Å². The Morgan fingerprint density at radius 1 is 1.24 bits per heavy atom. The van der Waals surface area contributed by atoms with Crippen LogP contribution in [0.5, 0.6) is 0 Å². The number of nitrogens with zero attached hydrogens (tertiary/aromatic N) is 3. The summed E-state index contributed by atoms with van der Waals surface area (Å²) in [4.78, 5) is 6.60. The van der Waals surface area contributed by atoms with E-state index in [-0.39, 0.29) is 4.90 Å². The number of aromatic nitrogens is 1. The first-order chi connectivity index (χ1) is 10.1. The van der Waals surface area contributed by atoms with Crippen molar-refractivity contribution < 1.29 is 8.42 Å². The Bertz CT molecular complexity index is 596. The van der Waals surface area contributed by atoms with Crippen LogP contribution in [0.2, 0.25) is 0 Å². The summed E-state index contributed by atoms with van der Waals surface area (Å²) in [5.41, 5.74) is 0. The van der Waals surface area contributed by atoms with Gasteiger partial charge < -0.3 is 5.32 Å². The van der Waals surface area contributed by atoms with E-state index in [2.05, 4.69) is 31.1 Å². The summed E-state index contributed by atoms with van der Waals surface area (Å²) < 4.78 is 27.4. The molecule has 8 heteroatoms. The maximum Gasteiger partial charge on any atom is 0.244 e. The second kappa shape index (κ2) is 6.29. The van der Waals surface area contributed by atoms with Gasteiger partial charge in [0.25, 0.3) is 0 Å². The van der Waals surface area contributed by atoms with E-state index in [1.54, 1.807) is 16.6 Å². The van der Waals surface area contributed by atoms with Gasteiger partial charge in [0.1, 0.15) is 4.90 Å². The first kappa shape index (κ1) is 15.4. The van der Waals surface area contributed by atoms with Crippen molar-refractivity contribution >= 4 is 26.0 Å². The zero-order valence-electron chi connectivity index (χ0n) is 11.7. The molecule has 1 unspecified atom stereocenters. The molecule has 0 aromatic carbocycles. The van der Waals surface area contributed by atoms with Gasteiger partial charge in [-0.2, -0.15) is 4.31 Å². The maximum absolute atomic E-state index is 12.6. The van der Waals surface area contributed by atoms with E-state index in [4.69, 9.17) is 0 Å². The van der Waals surface area contributed by atoms with Crippen LogP contribution in [0.4, 0.5) is 0 Å². The van der Waals surface area contributed by atoms with E-state index < -0.39 is 10.0 Å². The van der Waals surface area contributed by atoms with Crippen molar-refractivity contribution in [2.45, 2.75) is 17.4 Å². The summed E-state index contributed by atoms with van der Waals surface area (Å²) >= 11 is 3.27. The summed E-state index contributed by atoms with van der Waals surface area (Å²) in [5, 5.41) is 3.36. The van der Waals surface area contributed by atoms with Gasteiger partial charge in [0.05, 0.1) is 0 Å². The number of rotatable bonds is 3. The second-order valence-electron chi connectivity index (χ2n) is 5.43. The molecular weight excluding hydrogens is 356 g/mol. The van der Waals surface area contributed by atoms with Gasteiger partial charge in [-0.25, -0.2) is 8.42 Å². The average Bonchev–Trinajstić information content (AvgIpc) is 3.02. The Balaban J connectivity index is 1.68. The van der Waals surface area contributed by atoms with Crippen LogP contribution in [0.25, 0.3) is 0 Å². The first-order valence-electron chi connectivity index (χ1n) is 7.13. The predicted octanol–water partition coefficient (Wildman–Crippen LogP) is 0.512. The van der Waals surface area contributed by atoms with Crippen LogP contribution >= 0.6 is 15.9 Å². The smallest absolute Gasteiger partial charge is 0.244 e. The van der Waals surface area contributed by atoms with Crippen LogP contribution in [0, 0.1) is 0 Å². The zero-order valence-corrected chi connectivity index (χ0v) is 14.1. The Morgan fingerprint density at radius 3 is 2.62 bits per heavy atom. The lowest BCUT2D eigenvalue weighted by Crippen LogP contribution is -2.52. The minimum Gasteiger partial charge on any atom is -0.315 e. The Labute approximate surface area is 133 Å². The van der Waals surface area contributed by atoms with E-state index in [1.807, 2.05) is 0 Å². The Morgan fingerprint density at radius 2 is 2.00 bits per heavy atom. The second-order valence-corrected chi connectivity index (χ2v) is 8.28. The van der Waals surface area contributed by atoms with Crippen molar-refractivity contribution in [2.75, 3.05) is 39.3 Å². The minimum atomic E-state index is -3.43. The molecule has 21 heavy (non-hydrogen) atoms. The van der Waals surface area contributed by atoms with Crippen LogP contribution < -0.4 is 5.32 Å². The fourth-order valence-electron chi connectivity index (χ4n) is 2.94. The number of halogens is 1. The molecule has 1 N–H and O–H groups in total. The number of sulfonamides is 1. The number of piperazine rings is 1. The molecule has 2 aliphatic rings. The molecule has 116 valence electrons. The molecule has 1 aromatic heterocycles. The van der Waals surface area contributed by atoms with Crippen molar-refractivity contribution in [2.24, 2.45) is 0 Å². The first-order valence-corrected chi connectivity index (χ1v) is 9.36. The number of hydrogen-bond acceptors (Lipinski definition) is 5. The Kier molecular flexibility index (Phi) is 4.60. The third-order valence-corrected chi connectivity index (χ3v) is 6.44. The lowest BCUT2D eigenvalue weighted by molar-refractivity contribution is 0.145. The van der Waals surface area contributed by atoms with Crippen molar-refractivity contribution in [3.05, 3.63) is 22.9 Å². The van der Waals surface area contributed by atoms with Gasteiger partial charge in [0.2, 0.25) is 10.0 Å². The van der Waals surface area contributed by atoms with Crippen molar-refractivity contribution in [3.8, 4) is 0 Å². The summed E-state index contributed by atoms with van der Waals surface area (Å²) in [5.74, 6) is 0. The lowest BCUT2D eigenvalue weighted by atomic mass is 10.2. The van der Waals surface area contributed by atoms with E-state index >= 15 is 0 Å². The highest BCUT2D eigenvalue weighted by molar-refractivity contribution is 9.10. The van der Waals surface area contributed by atoms with Gasteiger partial charge in [-0.15, -0.1) is 0 Å². The van der Waals surface area contributed by atoms with Crippen LogP contribution in [-0.2, 0) is 10.0 Å². The average molecular weight is 375 g/mol. The quantitative estimate of drug-likeness (QED) is 0.834. The molecule has 0 spiro atoms. The summed E-state index contributed by atoms with van der Waals surface area (Å²) in [6, 6.07) is 2.16. The Hall–Kier alpha value is -0.540. The zero-order chi connectivity index (χ0) is 14.9. The van der Waals surface area contributed by atoms with E-state index in [0.717, 1.165) is 32.6 Å². The largest absolute Gasteiger partial charge is 0.315 e. The molecular formula is C13H19BrN4O2S. The third-order valence-electron chi connectivity index (χ3n) is 4.14. The molecule has 1 aromatic rings. The highest BCUT2D eigenvalue weighted by Gasteiger charge is 2.32. The molecule has 2 saturated heterocycles. The molecule has 6 nitrogen and oxygen atoms in total. The molecule has 3 rings (SSSR count).